The number of nitrogen functional groups attached to an aromatic ring is 1. The quantitative estimate of drug-likeness (QED) is 0.481. The van der Waals surface area contributed by atoms with Gasteiger partial charge < -0.3 is 20.4 Å². The number of amides is 1. The third-order valence-electron chi connectivity index (χ3n) is 4.55. The van der Waals surface area contributed by atoms with Crippen molar-refractivity contribution in [2.24, 2.45) is 0 Å². The first-order valence-electron chi connectivity index (χ1n) is 9.57. The molecular formula is C22H27N7O2. The van der Waals surface area contributed by atoms with Crippen molar-refractivity contribution in [3.05, 3.63) is 71.9 Å². The van der Waals surface area contributed by atoms with Crippen LogP contribution in [0, 0.1) is 0 Å². The van der Waals surface area contributed by atoms with Crippen LogP contribution in [0.5, 0.6) is 0 Å². The average molecular weight is 422 g/mol. The fourth-order valence-corrected chi connectivity index (χ4v) is 2.90. The maximum atomic E-state index is 12.1. The molecule has 9 heteroatoms. The van der Waals surface area contributed by atoms with Gasteiger partial charge in [0.2, 0.25) is 0 Å². The predicted octanol–water partition coefficient (Wildman–Crippen LogP) is 3.83. The molecule has 0 fully saturated rings. The molecule has 0 saturated carbocycles. The molecular weight excluding hydrogens is 394 g/mol. The Bertz CT molecular complexity index is 1200. The van der Waals surface area contributed by atoms with Crippen LogP contribution in [-0.2, 0) is 6.54 Å². The van der Waals surface area contributed by atoms with E-state index in [2.05, 4.69) is 25.5 Å². The van der Waals surface area contributed by atoms with E-state index in [4.69, 9.17) is 10.2 Å². The number of carbonyl (C=O) groups excluding carboxylic acids is 1. The van der Waals surface area contributed by atoms with Gasteiger partial charge in [-0.25, -0.2) is 9.97 Å². The number of nitrogens with one attached hydrogen (secondary N) is 1. The zero-order valence-electron chi connectivity index (χ0n) is 17.1. The summed E-state index contributed by atoms with van der Waals surface area (Å²) in [5.74, 6) is 0.278. The zero-order chi connectivity index (χ0) is 21.8. The number of carbonyl (C=O) groups is 1. The van der Waals surface area contributed by atoms with E-state index in [1.54, 1.807) is 44.6 Å². The lowest BCUT2D eigenvalue weighted by molar-refractivity contribution is 0.0827. The Morgan fingerprint density at radius 3 is 2.55 bits per heavy atom. The topological polar surface area (TPSA) is 123 Å². The van der Waals surface area contributed by atoms with E-state index in [0.29, 0.717) is 23.5 Å². The number of nitrogens with zero attached hydrogens (tertiary/aromatic N) is 5. The van der Waals surface area contributed by atoms with Gasteiger partial charge in [-0.2, -0.15) is 0 Å². The highest BCUT2D eigenvalue weighted by atomic mass is 16.4. The molecule has 2 aromatic carbocycles. The van der Waals surface area contributed by atoms with E-state index in [-0.39, 0.29) is 27.9 Å². The molecule has 0 aliphatic carbocycles. The van der Waals surface area contributed by atoms with Crippen LogP contribution in [0.1, 0.15) is 20.2 Å². The Hall–Kier alpha value is -4.27. The van der Waals surface area contributed by atoms with Crippen molar-refractivity contribution in [3.8, 4) is 22.8 Å². The lowest BCUT2D eigenvalue weighted by Gasteiger charge is -2.10. The SMILES string of the molecule is CN(C)C(=O)c1ccc(-c2cnc(N)c(-c3nnc(NCc4ccccc4)o3)n2)cc1.[HH].[HH].[HH]. The normalized spacial score (nSPS) is 10.6. The van der Waals surface area contributed by atoms with Gasteiger partial charge in [0.25, 0.3) is 11.8 Å². The summed E-state index contributed by atoms with van der Waals surface area (Å²) >= 11 is 0. The molecule has 9 nitrogen and oxygen atoms in total. The molecule has 0 radical (unpaired) electrons. The summed E-state index contributed by atoms with van der Waals surface area (Å²) in [7, 11) is 3.42. The van der Waals surface area contributed by atoms with Gasteiger partial charge in [-0.15, -0.1) is 5.10 Å². The first kappa shape index (κ1) is 20.0. The maximum Gasteiger partial charge on any atom is 0.316 e. The molecule has 0 unspecified atom stereocenters. The Labute approximate surface area is 183 Å². The van der Waals surface area contributed by atoms with Crippen LogP contribution in [-0.4, -0.2) is 45.1 Å². The Morgan fingerprint density at radius 1 is 1.10 bits per heavy atom. The first-order chi connectivity index (χ1) is 15.0. The summed E-state index contributed by atoms with van der Waals surface area (Å²) < 4.78 is 5.67. The van der Waals surface area contributed by atoms with Crippen molar-refractivity contribution in [1.29, 1.82) is 0 Å². The molecule has 3 N–H and O–H groups in total. The number of nitrogens with two attached hydrogens (primary N) is 1. The van der Waals surface area contributed by atoms with E-state index >= 15 is 0 Å². The number of benzene rings is 2. The summed E-state index contributed by atoms with van der Waals surface area (Å²) in [6, 6.07) is 17.2. The second kappa shape index (κ2) is 8.62. The minimum absolute atomic E-state index is 0. The molecule has 4 aromatic rings. The van der Waals surface area contributed by atoms with Crippen LogP contribution >= 0.6 is 0 Å². The monoisotopic (exact) mass is 421 g/mol. The molecule has 0 bridgehead atoms. The van der Waals surface area contributed by atoms with Crippen molar-refractivity contribution in [1.82, 2.24) is 25.1 Å². The van der Waals surface area contributed by atoms with Crippen molar-refractivity contribution in [3.63, 3.8) is 0 Å². The highest BCUT2D eigenvalue weighted by molar-refractivity contribution is 5.94. The van der Waals surface area contributed by atoms with E-state index in [1.165, 1.54) is 4.90 Å². The summed E-state index contributed by atoms with van der Waals surface area (Å²) in [5.41, 5.74) is 9.32. The largest absolute Gasteiger partial charge is 0.402 e. The number of hydrogen-bond acceptors (Lipinski definition) is 8. The van der Waals surface area contributed by atoms with Crippen LogP contribution in [0.2, 0.25) is 0 Å². The van der Waals surface area contributed by atoms with Gasteiger partial charge in [0.05, 0.1) is 11.9 Å². The Morgan fingerprint density at radius 2 is 1.84 bits per heavy atom. The molecule has 4 rings (SSSR count). The van der Waals surface area contributed by atoms with E-state index in [0.717, 1.165) is 11.1 Å². The second-order valence-corrected chi connectivity index (χ2v) is 7.02. The van der Waals surface area contributed by atoms with Crippen LogP contribution in [0.25, 0.3) is 22.8 Å². The van der Waals surface area contributed by atoms with Crippen LogP contribution in [0.3, 0.4) is 0 Å². The van der Waals surface area contributed by atoms with E-state index in [9.17, 15) is 4.79 Å². The Kier molecular flexibility index (Phi) is 5.57. The average Bonchev–Trinajstić information content (AvgIpc) is 3.27. The summed E-state index contributed by atoms with van der Waals surface area (Å²) in [6.07, 6.45) is 1.56. The highest BCUT2D eigenvalue weighted by Crippen LogP contribution is 2.26. The molecule has 0 aliphatic rings. The summed E-state index contributed by atoms with van der Waals surface area (Å²) in [4.78, 5) is 22.4. The number of anilines is 2. The van der Waals surface area contributed by atoms with Gasteiger partial charge in [-0.05, 0) is 17.7 Å². The van der Waals surface area contributed by atoms with Crippen LogP contribution < -0.4 is 11.1 Å². The smallest absolute Gasteiger partial charge is 0.316 e. The Balaban J connectivity index is 0.00000193. The van der Waals surface area contributed by atoms with Crippen molar-refractivity contribution in [2.75, 3.05) is 25.1 Å². The fourth-order valence-electron chi connectivity index (χ4n) is 2.90. The van der Waals surface area contributed by atoms with Gasteiger partial charge >= 0.3 is 6.01 Å². The molecule has 0 saturated heterocycles. The fraction of sp³-hybridized carbons (Fsp3) is 0.136. The van der Waals surface area contributed by atoms with Gasteiger partial charge in [0.1, 0.15) is 0 Å². The molecule has 0 spiro atoms. The highest BCUT2D eigenvalue weighted by Gasteiger charge is 2.16. The number of rotatable bonds is 6. The van der Waals surface area contributed by atoms with Crippen molar-refractivity contribution in [2.45, 2.75) is 6.54 Å². The molecule has 0 atom stereocenters. The van der Waals surface area contributed by atoms with Gasteiger partial charge in [0.15, 0.2) is 11.5 Å². The lowest BCUT2D eigenvalue weighted by atomic mass is 10.1. The lowest BCUT2D eigenvalue weighted by Crippen LogP contribution is -2.21. The van der Waals surface area contributed by atoms with Gasteiger partial charge in [0, 0.05) is 36.0 Å². The standard InChI is InChI=1S/C22H21N7O2.3H2/c1-29(2)21(30)16-10-8-15(9-11-16)17-13-24-19(23)18(26-17)20-27-28-22(31-20)25-12-14-6-4-3-5-7-14;;;/h3-11,13H,12H2,1-2H3,(H2,23,24)(H,25,28);3*1H. The minimum Gasteiger partial charge on any atom is -0.402 e. The minimum atomic E-state index is -0.0722. The number of aromatic nitrogens is 4. The molecule has 2 aromatic heterocycles. The third-order valence-corrected chi connectivity index (χ3v) is 4.55. The summed E-state index contributed by atoms with van der Waals surface area (Å²) in [5, 5.41) is 11.1. The molecule has 31 heavy (non-hydrogen) atoms. The van der Waals surface area contributed by atoms with Crippen LogP contribution in [0.4, 0.5) is 11.8 Å². The maximum absolute atomic E-state index is 12.1. The summed E-state index contributed by atoms with van der Waals surface area (Å²) in [6.45, 7) is 0.543. The van der Waals surface area contributed by atoms with Crippen LogP contribution in [0.15, 0.2) is 65.2 Å². The number of hydrogen-bond donors (Lipinski definition) is 2. The molecule has 2 heterocycles. The van der Waals surface area contributed by atoms with Gasteiger partial charge in [-0.3, -0.25) is 4.79 Å². The molecule has 162 valence electrons. The third kappa shape index (κ3) is 4.50. The van der Waals surface area contributed by atoms with Gasteiger partial charge in [-0.1, -0.05) is 47.6 Å². The molecule has 0 aliphatic heterocycles. The van der Waals surface area contributed by atoms with Crippen molar-refractivity contribution >= 4 is 17.7 Å². The predicted molar refractivity (Wildman–Crippen MR) is 123 cm³/mol. The first-order valence-corrected chi connectivity index (χ1v) is 9.57. The van der Waals surface area contributed by atoms with Crippen molar-refractivity contribution < 1.29 is 13.5 Å². The molecule has 1 amide bonds. The second-order valence-electron chi connectivity index (χ2n) is 7.02. The zero-order valence-corrected chi connectivity index (χ0v) is 17.1. The van der Waals surface area contributed by atoms with E-state index in [1.807, 2.05) is 30.3 Å². The van der Waals surface area contributed by atoms with E-state index < -0.39 is 0 Å².